The van der Waals surface area contributed by atoms with Crippen LogP contribution in [0.25, 0.3) is 0 Å². The third-order valence-electron chi connectivity index (χ3n) is 4.04. The third kappa shape index (κ3) is 8.41. The number of hydrazone groups is 1. The number of carbonyl (C=O) groups is 1. The first-order chi connectivity index (χ1) is 14.5. The number of hydrogen-bond donors (Lipinski definition) is 1. The Bertz CT molecular complexity index is 833. The molecule has 2 rings (SSSR count). The minimum absolute atomic E-state index is 0.215. The number of allylic oxidation sites excluding steroid dienone is 1. The molecule has 0 saturated carbocycles. The summed E-state index contributed by atoms with van der Waals surface area (Å²) in [6, 6.07) is 15.5. The molecule has 162 valence electrons. The van der Waals surface area contributed by atoms with Crippen LogP contribution in [-0.2, 0) is 11.3 Å². The smallest absolute Gasteiger partial charge is 0.413 e. The molecule has 0 saturated heterocycles. The van der Waals surface area contributed by atoms with Gasteiger partial charge in [-0.2, -0.15) is 5.10 Å². The van der Waals surface area contributed by atoms with E-state index in [0.29, 0.717) is 5.82 Å². The number of aryl methyl sites for hydroxylation is 1. The summed E-state index contributed by atoms with van der Waals surface area (Å²) >= 11 is 3.44. The van der Waals surface area contributed by atoms with E-state index in [9.17, 15) is 4.79 Å². The second-order valence-corrected chi connectivity index (χ2v) is 7.09. The molecule has 0 bridgehead atoms. The second kappa shape index (κ2) is 14.4. The van der Waals surface area contributed by atoms with Crippen molar-refractivity contribution in [3.05, 3.63) is 76.0 Å². The molecule has 30 heavy (non-hydrogen) atoms. The van der Waals surface area contributed by atoms with Crippen molar-refractivity contribution >= 4 is 33.9 Å². The summed E-state index contributed by atoms with van der Waals surface area (Å²) in [4.78, 5) is 12.4. The fraction of sp³-hybridized carbons (Fsp3) is 0.333. The second-order valence-electron chi connectivity index (χ2n) is 6.18. The molecule has 0 unspecified atom stereocenters. The van der Waals surface area contributed by atoms with E-state index < -0.39 is 6.09 Å². The van der Waals surface area contributed by atoms with Gasteiger partial charge in [0.15, 0.2) is 0 Å². The molecule has 0 heterocycles. The zero-order chi connectivity index (χ0) is 22.4. The highest BCUT2D eigenvalue weighted by Gasteiger charge is 2.14. The number of alkyl carbamates (subject to hydrolysis) is 1. The van der Waals surface area contributed by atoms with Crippen LogP contribution in [0, 0.1) is 6.92 Å². The van der Waals surface area contributed by atoms with Crippen molar-refractivity contribution in [1.29, 1.82) is 0 Å². The van der Waals surface area contributed by atoms with E-state index in [-0.39, 0.29) is 6.61 Å². The molecule has 2 aromatic carbocycles. The monoisotopic (exact) mass is 473 g/mol. The Labute approximate surface area is 189 Å². The predicted octanol–water partition coefficient (Wildman–Crippen LogP) is 7.16. The van der Waals surface area contributed by atoms with E-state index in [2.05, 4.69) is 33.3 Å². The standard InChI is InChI=1S/C22H26BrN3O2.C2H6/c1-4-6-15-24-26(20-13-11-19(23)12-14-20)21(5-2)25-22(27)28-16-18-10-8-7-9-17(18)3;1-2/h5,7-15H,4,6,16H2,1-3H3,(H,25,27);1-2H3/b21-5-,24-15+;. The fourth-order valence-corrected chi connectivity index (χ4v) is 2.69. The molecule has 0 fully saturated rings. The van der Waals surface area contributed by atoms with Crippen LogP contribution in [0.15, 0.2) is 70.0 Å². The predicted molar refractivity (Wildman–Crippen MR) is 130 cm³/mol. The number of unbranched alkanes of at least 4 members (excludes halogenated alkanes) is 1. The minimum atomic E-state index is -0.524. The molecule has 0 spiro atoms. The van der Waals surface area contributed by atoms with Crippen LogP contribution < -0.4 is 10.3 Å². The van der Waals surface area contributed by atoms with E-state index in [4.69, 9.17) is 4.74 Å². The number of benzene rings is 2. The van der Waals surface area contributed by atoms with Gasteiger partial charge in [-0.3, -0.25) is 5.32 Å². The Morgan fingerprint density at radius 3 is 2.43 bits per heavy atom. The molecule has 1 N–H and O–H groups in total. The molecule has 1 amide bonds. The van der Waals surface area contributed by atoms with E-state index in [1.54, 1.807) is 11.1 Å². The number of nitrogens with one attached hydrogen (secondary N) is 1. The fourth-order valence-electron chi connectivity index (χ4n) is 2.42. The van der Waals surface area contributed by atoms with Crippen LogP contribution in [0.3, 0.4) is 0 Å². The Morgan fingerprint density at radius 2 is 1.83 bits per heavy atom. The van der Waals surface area contributed by atoms with Crippen molar-refractivity contribution < 1.29 is 9.53 Å². The molecule has 0 aliphatic carbocycles. The maximum atomic E-state index is 12.4. The highest BCUT2D eigenvalue weighted by Crippen LogP contribution is 2.22. The quantitative estimate of drug-likeness (QED) is 0.326. The Balaban J connectivity index is 0.00000218. The van der Waals surface area contributed by atoms with Crippen molar-refractivity contribution in [1.82, 2.24) is 5.32 Å². The van der Waals surface area contributed by atoms with Gasteiger partial charge in [-0.25, -0.2) is 9.80 Å². The van der Waals surface area contributed by atoms with Crippen molar-refractivity contribution in [2.24, 2.45) is 5.10 Å². The first-order valence-corrected chi connectivity index (χ1v) is 11.1. The largest absolute Gasteiger partial charge is 0.444 e. The number of amides is 1. The van der Waals surface area contributed by atoms with Gasteiger partial charge in [-0.1, -0.05) is 67.4 Å². The number of halogens is 1. The van der Waals surface area contributed by atoms with E-state index in [0.717, 1.165) is 34.1 Å². The molecule has 0 aromatic heterocycles. The molecular weight excluding hydrogens is 442 g/mol. The van der Waals surface area contributed by atoms with Crippen LogP contribution >= 0.6 is 15.9 Å². The summed E-state index contributed by atoms with van der Waals surface area (Å²) < 4.78 is 6.37. The van der Waals surface area contributed by atoms with Crippen LogP contribution in [-0.4, -0.2) is 12.3 Å². The van der Waals surface area contributed by atoms with Gasteiger partial charge in [0.25, 0.3) is 0 Å². The van der Waals surface area contributed by atoms with Crippen molar-refractivity contribution in [3.8, 4) is 0 Å². The number of ether oxygens (including phenoxy) is 1. The van der Waals surface area contributed by atoms with Crippen molar-refractivity contribution in [3.63, 3.8) is 0 Å². The Kier molecular flexibility index (Phi) is 12.2. The summed E-state index contributed by atoms with van der Waals surface area (Å²) in [5, 5.41) is 9.01. The lowest BCUT2D eigenvalue weighted by atomic mass is 10.1. The minimum Gasteiger partial charge on any atom is -0.444 e. The van der Waals surface area contributed by atoms with Gasteiger partial charge in [0.2, 0.25) is 0 Å². The summed E-state index contributed by atoms with van der Waals surface area (Å²) in [6.07, 6.45) is 4.95. The summed E-state index contributed by atoms with van der Waals surface area (Å²) in [5.74, 6) is 0.532. The van der Waals surface area contributed by atoms with Gasteiger partial charge in [-0.05, 0) is 61.7 Å². The van der Waals surface area contributed by atoms with E-state index >= 15 is 0 Å². The first-order valence-electron chi connectivity index (χ1n) is 10.3. The van der Waals surface area contributed by atoms with Gasteiger partial charge in [-0.15, -0.1) is 0 Å². The van der Waals surface area contributed by atoms with Gasteiger partial charge in [0.05, 0.1) is 5.69 Å². The SMILES string of the molecule is C/C=C(/NC(=O)OCc1ccccc1C)N(/N=C/CCC)c1ccc(Br)cc1.CC. The highest BCUT2D eigenvalue weighted by molar-refractivity contribution is 9.10. The maximum Gasteiger partial charge on any atom is 0.413 e. The number of anilines is 1. The molecule has 5 nitrogen and oxygen atoms in total. The van der Waals surface area contributed by atoms with Gasteiger partial charge in [0.1, 0.15) is 12.4 Å². The first kappa shape index (κ1) is 25.4. The van der Waals surface area contributed by atoms with Crippen LogP contribution in [0.1, 0.15) is 51.7 Å². The van der Waals surface area contributed by atoms with Gasteiger partial charge < -0.3 is 4.74 Å². The van der Waals surface area contributed by atoms with E-state index in [1.165, 1.54) is 0 Å². The average Bonchev–Trinajstić information content (AvgIpc) is 2.77. The Hall–Kier alpha value is -2.60. The third-order valence-corrected chi connectivity index (χ3v) is 4.57. The topological polar surface area (TPSA) is 53.9 Å². The lowest BCUT2D eigenvalue weighted by Crippen LogP contribution is -2.33. The molecule has 0 atom stereocenters. The number of rotatable bonds is 8. The molecule has 6 heteroatoms. The molecule has 0 radical (unpaired) electrons. The number of hydrogen-bond acceptors (Lipinski definition) is 4. The lowest BCUT2D eigenvalue weighted by molar-refractivity contribution is 0.142. The van der Waals surface area contributed by atoms with Crippen LogP contribution in [0.2, 0.25) is 0 Å². The maximum absolute atomic E-state index is 12.4. The average molecular weight is 474 g/mol. The van der Waals surface area contributed by atoms with Crippen LogP contribution in [0.5, 0.6) is 0 Å². The zero-order valence-corrected chi connectivity index (χ0v) is 20.1. The van der Waals surface area contributed by atoms with Gasteiger partial charge in [0, 0.05) is 10.7 Å². The van der Waals surface area contributed by atoms with Crippen LogP contribution in [0.4, 0.5) is 10.5 Å². The summed E-state index contributed by atoms with van der Waals surface area (Å²) in [7, 11) is 0. The zero-order valence-electron chi connectivity index (χ0n) is 18.5. The molecule has 0 aliphatic rings. The normalized spacial score (nSPS) is 10.9. The number of carbonyl (C=O) groups excluding carboxylic acids is 1. The van der Waals surface area contributed by atoms with Crippen molar-refractivity contribution in [2.45, 2.75) is 54.1 Å². The highest BCUT2D eigenvalue weighted by atomic mass is 79.9. The number of nitrogens with zero attached hydrogens (tertiary/aromatic N) is 2. The van der Waals surface area contributed by atoms with Crippen molar-refractivity contribution in [2.75, 3.05) is 5.01 Å². The Morgan fingerprint density at radius 1 is 1.17 bits per heavy atom. The van der Waals surface area contributed by atoms with E-state index in [1.807, 2.05) is 82.4 Å². The summed E-state index contributed by atoms with van der Waals surface area (Å²) in [6.45, 7) is 10.1. The molecule has 2 aromatic rings. The molecular formula is C24H32BrN3O2. The lowest BCUT2D eigenvalue weighted by Gasteiger charge is -2.22. The van der Waals surface area contributed by atoms with Gasteiger partial charge >= 0.3 is 6.09 Å². The molecule has 0 aliphatic heterocycles. The summed E-state index contributed by atoms with van der Waals surface area (Å²) in [5.41, 5.74) is 2.90.